The van der Waals surface area contributed by atoms with Crippen molar-refractivity contribution < 1.29 is 4.79 Å². The molecular formula is C24H25N5O3. The molecule has 3 rings (SSSR count). The first-order chi connectivity index (χ1) is 15.3. The average molecular weight is 431 g/mol. The standard InChI is InChI=1S/C24H25N5O3/c1-16(2)12-13-28(23(31)19-10-8-17(14-25)9-11-19)20-21(26)29(24(32)27-22(20)30)15-18-6-4-3-5-7-18/h3-11,16H,12-13,15,26H2,1-2H3,(H,27,30,32). The van der Waals surface area contributed by atoms with E-state index in [1.54, 1.807) is 0 Å². The quantitative estimate of drug-likeness (QED) is 0.595. The first-order valence-corrected chi connectivity index (χ1v) is 10.3. The van der Waals surface area contributed by atoms with Crippen molar-refractivity contribution >= 4 is 17.4 Å². The molecular weight excluding hydrogens is 406 g/mol. The van der Waals surface area contributed by atoms with Gasteiger partial charge in [-0.05, 0) is 42.2 Å². The van der Waals surface area contributed by atoms with E-state index in [1.807, 2.05) is 50.2 Å². The highest BCUT2D eigenvalue weighted by Crippen LogP contribution is 2.22. The summed E-state index contributed by atoms with van der Waals surface area (Å²) in [5.74, 6) is -0.243. The number of nitriles is 1. The molecule has 0 saturated carbocycles. The molecule has 0 atom stereocenters. The van der Waals surface area contributed by atoms with E-state index in [4.69, 9.17) is 11.0 Å². The molecule has 0 saturated heterocycles. The number of benzene rings is 2. The molecule has 1 heterocycles. The van der Waals surface area contributed by atoms with Gasteiger partial charge in [0.1, 0.15) is 5.82 Å². The predicted octanol–water partition coefficient (Wildman–Crippen LogP) is 2.73. The van der Waals surface area contributed by atoms with Crippen molar-refractivity contribution in [1.82, 2.24) is 9.55 Å². The number of nitrogen functional groups attached to an aromatic ring is 1. The molecule has 3 aromatic rings. The Morgan fingerprint density at radius 1 is 1.12 bits per heavy atom. The van der Waals surface area contributed by atoms with Crippen LogP contribution in [0.1, 0.15) is 41.8 Å². The number of nitrogens with two attached hydrogens (primary N) is 1. The van der Waals surface area contributed by atoms with Crippen LogP contribution < -0.4 is 21.9 Å². The molecule has 0 bridgehead atoms. The van der Waals surface area contributed by atoms with Crippen LogP contribution in [0, 0.1) is 17.2 Å². The second kappa shape index (κ2) is 9.79. The zero-order chi connectivity index (χ0) is 23.3. The highest BCUT2D eigenvalue weighted by atomic mass is 16.2. The highest BCUT2D eigenvalue weighted by Gasteiger charge is 2.25. The number of H-pyrrole nitrogens is 1. The van der Waals surface area contributed by atoms with E-state index in [9.17, 15) is 14.4 Å². The normalized spacial score (nSPS) is 10.7. The fourth-order valence-corrected chi connectivity index (χ4v) is 3.31. The van der Waals surface area contributed by atoms with Crippen molar-refractivity contribution in [2.45, 2.75) is 26.8 Å². The number of aromatic amines is 1. The largest absolute Gasteiger partial charge is 0.383 e. The lowest BCUT2D eigenvalue weighted by Gasteiger charge is -2.25. The number of carbonyl (C=O) groups excluding carboxylic acids is 1. The van der Waals surface area contributed by atoms with Gasteiger partial charge in [0, 0.05) is 12.1 Å². The van der Waals surface area contributed by atoms with Gasteiger partial charge in [0.15, 0.2) is 5.69 Å². The summed E-state index contributed by atoms with van der Waals surface area (Å²) >= 11 is 0. The lowest BCUT2D eigenvalue weighted by molar-refractivity contribution is 0.0985. The zero-order valence-corrected chi connectivity index (χ0v) is 18.0. The van der Waals surface area contributed by atoms with Crippen LogP contribution >= 0.6 is 0 Å². The number of anilines is 2. The molecule has 8 nitrogen and oxygen atoms in total. The van der Waals surface area contributed by atoms with Gasteiger partial charge in [0.25, 0.3) is 11.5 Å². The van der Waals surface area contributed by atoms with E-state index in [2.05, 4.69) is 4.98 Å². The summed E-state index contributed by atoms with van der Waals surface area (Å²) in [5, 5.41) is 9.01. The maximum absolute atomic E-state index is 13.4. The van der Waals surface area contributed by atoms with Gasteiger partial charge in [-0.1, -0.05) is 44.2 Å². The Balaban J connectivity index is 2.10. The van der Waals surface area contributed by atoms with Gasteiger partial charge in [-0.25, -0.2) is 4.79 Å². The SMILES string of the molecule is CC(C)CCN(C(=O)c1ccc(C#N)cc1)c1c(N)n(Cc2ccccc2)c(=O)[nH]c1=O. The first kappa shape index (κ1) is 22.6. The number of nitrogens with zero attached hydrogens (tertiary/aromatic N) is 3. The Morgan fingerprint density at radius 2 is 1.78 bits per heavy atom. The third-order valence-electron chi connectivity index (χ3n) is 5.10. The van der Waals surface area contributed by atoms with Crippen molar-refractivity contribution in [2.24, 2.45) is 5.92 Å². The third kappa shape index (κ3) is 4.95. The fraction of sp³-hybridized carbons (Fsp3) is 0.250. The fourth-order valence-electron chi connectivity index (χ4n) is 3.31. The third-order valence-corrected chi connectivity index (χ3v) is 5.10. The van der Waals surface area contributed by atoms with Gasteiger partial charge in [0.05, 0.1) is 18.2 Å². The number of nitrogens with one attached hydrogen (secondary N) is 1. The molecule has 0 unspecified atom stereocenters. The Morgan fingerprint density at radius 3 is 2.38 bits per heavy atom. The monoisotopic (exact) mass is 431 g/mol. The Labute approximate surface area is 185 Å². The molecule has 0 fully saturated rings. The van der Waals surface area contributed by atoms with Gasteiger partial charge in [-0.3, -0.25) is 19.1 Å². The Bertz CT molecular complexity index is 1250. The topological polar surface area (TPSA) is 125 Å². The molecule has 1 aromatic heterocycles. The van der Waals surface area contributed by atoms with Crippen molar-refractivity contribution in [1.29, 1.82) is 5.26 Å². The molecule has 0 aliphatic carbocycles. The Hall–Kier alpha value is -4.12. The molecule has 3 N–H and O–H groups in total. The zero-order valence-electron chi connectivity index (χ0n) is 18.0. The maximum Gasteiger partial charge on any atom is 0.330 e. The van der Waals surface area contributed by atoms with Crippen LogP contribution in [-0.4, -0.2) is 22.0 Å². The van der Waals surface area contributed by atoms with E-state index >= 15 is 0 Å². The lowest BCUT2D eigenvalue weighted by Crippen LogP contribution is -2.42. The molecule has 8 heteroatoms. The van der Waals surface area contributed by atoms with Crippen LogP contribution in [0.3, 0.4) is 0 Å². The van der Waals surface area contributed by atoms with Gasteiger partial charge < -0.3 is 10.6 Å². The van der Waals surface area contributed by atoms with Crippen LogP contribution in [0.25, 0.3) is 0 Å². The van der Waals surface area contributed by atoms with Crippen molar-refractivity contribution in [3.63, 3.8) is 0 Å². The van der Waals surface area contributed by atoms with Gasteiger partial charge in [0.2, 0.25) is 0 Å². The van der Waals surface area contributed by atoms with Gasteiger partial charge in [-0.15, -0.1) is 0 Å². The molecule has 0 spiro atoms. The van der Waals surface area contributed by atoms with Gasteiger partial charge >= 0.3 is 5.69 Å². The van der Waals surface area contributed by atoms with Crippen molar-refractivity contribution in [3.05, 3.63) is 92.1 Å². The molecule has 0 radical (unpaired) electrons. The smallest absolute Gasteiger partial charge is 0.330 e. The van der Waals surface area contributed by atoms with Crippen molar-refractivity contribution in [2.75, 3.05) is 17.2 Å². The first-order valence-electron chi connectivity index (χ1n) is 10.3. The van der Waals surface area contributed by atoms with E-state index < -0.39 is 17.2 Å². The average Bonchev–Trinajstić information content (AvgIpc) is 2.79. The molecule has 0 aliphatic rings. The molecule has 2 aromatic carbocycles. The van der Waals surface area contributed by atoms with E-state index in [-0.39, 0.29) is 30.5 Å². The molecule has 32 heavy (non-hydrogen) atoms. The molecule has 164 valence electrons. The number of rotatable bonds is 7. The number of aromatic nitrogens is 2. The molecule has 1 amide bonds. The number of carbonyl (C=O) groups is 1. The second-order valence-corrected chi connectivity index (χ2v) is 7.89. The van der Waals surface area contributed by atoms with Gasteiger partial charge in [-0.2, -0.15) is 5.26 Å². The number of hydrogen-bond donors (Lipinski definition) is 2. The minimum Gasteiger partial charge on any atom is -0.383 e. The lowest BCUT2D eigenvalue weighted by atomic mass is 10.1. The summed E-state index contributed by atoms with van der Waals surface area (Å²) in [5.41, 5.74) is 6.44. The predicted molar refractivity (Wildman–Crippen MR) is 124 cm³/mol. The highest BCUT2D eigenvalue weighted by molar-refractivity contribution is 6.07. The van der Waals surface area contributed by atoms with Crippen LogP contribution in [-0.2, 0) is 6.54 Å². The summed E-state index contributed by atoms with van der Waals surface area (Å²) in [6.45, 7) is 4.41. The van der Waals surface area contributed by atoms with Crippen molar-refractivity contribution in [3.8, 4) is 6.07 Å². The maximum atomic E-state index is 13.4. The van der Waals surface area contributed by atoms with Crippen LogP contribution in [0.4, 0.5) is 11.5 Å². The Kier molecular flexibility index (Phi) is 6.90. The summed E-state index contributed by atoms with van der Waals surface area (Å²) < 4.78 is 1.25. The summed E-state index contributed by atoms with van der Waals surface area (Å²) in [6.07, 6.45) is 0.624. The van der Waals surface area contributed by atoms with E-state index in [0.717, 1.165) is 5.56 Å². The second-order valence-electron chi connectivity index (χ2n) is 7.89. The van der Waals surface area contributed by atoms with E-state index in [0.29, 0.717) is 17.5 Å². The van der Waals surface area contributed by atoms with Crippen LogP contribution in [0.5, 0.6) is 0 Å². The summed E-state index contributed by atoms with van der Waals surface area (Å²) in [6, 6.07) is 17.4. The molecule has 0 aliphatic heterocycles. The van der Waals surface area contributed by atoms with Crippen LogP contribution in [0.2, 0.25) is 0 Å². The minimum atomic E-state index is -0.720. The number of hydrogen-bond acceptors (Lipinski definition) is 5. The summed E-state index contributed by atoms with van der Waals surface area (Å²) in [7, 11) is 0. The minimum absolute atomic E-state index is 0.0597. The van der Waals surface area contributed by atoms with E-state index in [1.165, 1.54) is 33.7 Å². The number of amides is 1. The summed E-state index contributed by atoms with van der Waals surface area (Å²) in [4.78, 5) is 42.3. The van der Waals surface area contributed by atoms with Crippen LogP contribution in [0.15, 0.2) is 64.2 Å².